The van der Waals surface area contributed by atoms with E-state index in [-0.39, 0.29) is 9.79 Å². The van der Waals surface area contributed by atoms with Gasteiger partial charge in [-0.25, -0.2) is 26.8 Å². The number of nitrogens with zero attached hydrogens (tertiary/aromatic N) is 5. The van der Waals surface area contributed by atoms with E-state index < -0.39 is 20.0 Å². The molecule has 9 nitrogen and oxygen atoms in total. The van der Waals surface area contributed by atoms with Crippen LogP contribution in [-0.4, -0.2) is 74.7 Å². The van der Waals surface area contributed by atoms with Crippen LogP contribution in [0.5, 0.6) is 0 Å². The van der Waals surface area contributed by atoms with Crippen LogP contribution in [-0.2, 0) is 20.0 Å². The molecule has 1 aromatic carbocycles. The van der Waals surface area contributed by atoms with Crippen molar-refractivity contribution < 1.29 is 16.8 Å². The Morgan fingerprint density at radius 1 is 0.613 bits per heavy atom. The minimum Gasteiger partial charge on any atom is -0.338 e. The molecule has 31 heavy (non-hydrogen) atoms. The first-order chi connectivity index (χ1) is 14.9. The van der Waals surface area contributed by atoms with Gasteiger partial charge in [0.25, 0.3) is 0 Å². The molecular formula is C20H27N5O4S2. The lowest BCUT2D eigenvalue weighted by atomic mass is 10.2. The van der Waals surface area contributed by atoms with E-state index in [1.165, 1.54) is 32.9 Å². The fraction of sp³-hybridized carbons (Fsp3) is 0.500. The molecule has 0 unspecified atom stereocenters. The average molecular weight is 466 g/mol. The summed E-state index contributed by atoms with van der Waals surface area (Å²) in [7, 11) is -7.31. The summed E-state index contributed by atoms with van der Waals surface area (Å²) in [6.07, 6.45) is 7.09. The van der Waals surface area contributed by atoms with E-state index in [2.05, 4.69) is 9.97 Å². The predicted octanol–water partition coefficient (Wildman–Crippen LogP) is 1.55. The Hall–Kier alpha value is -2.08. The summed E-state index contributed by atoms with van der Waals surface area (Å²) in [4.78, 5) is 10.6. The van der Waals surface area contributed by atoms with E-state index in [9.17, 15) is 16.8 Å². The van der Waals surface area contributed by atoms with Gasteiger partial charge in [-0.1, -0.05) is 12.8 Å². The van der Waals surface area contributed by atoms with Gasteiger partial charge in [0.2, 0.25) is 26.0 Å². The maximum Gasteiger partial charge on any atom is 0.243 e. The zero-order valence-corrected chi connectivity index (χ0v) is 18.9. The Kier molecular flexibility index (Phi) is 6.56. The van der Waals surface area contributed by atoms with E-state index >= 15 is 0 Å². The largest absolute Gasteiger partial charge is 0.338 e. The van der Waals surface area contributed by atoms with Crippen molar-refractivity contribution in [1.82, 2.24) is 18.6 Å². The van der Waals surface area contributed by atoms with Crippen molar-refractivity contribution in [2.45, 2.75) is 35.5 Å². The lowest BCUT2D eigenvalue weighted by Gasteiger charge is -2.33. The highest BCUT2D eigenvalue weighted by atomic mass is 32.2. The lowest BCUT2D eigenvalue weighted by molar-refractivity contribution is 0.382. The highest BCUT2D eigenvalue weighted by Gasteiger charge is 2.30. The highest BCUT2D eigenvalue weighted by molar-refractivity contribution is 7.89. The Morgan fingerprint density at radius 3 is 1.55 bits per heavy atom. The smallest absolute Gasteiger partial charge is 0.243 e. The molecule has 0 saturated carbocycles. The van der Waals surface area contributed by atoms with Crippen LogP contribution < -0.4 is 4.90 Å². The molecule has 0 N–H and O–H groups in total. The first-order valence-corrected chi connectivity index (χ1v) is 13.4. The molecule has 0 atom stereocenters. The highest BCUT2D eigenvalue weighted by Crippen LogP contribution is 2.24. The molecule has 0 amide bonds. The Balaban J connectivity index is 1.46. The number of piperazine rings is 1. The van der Waals surface area contributed by atoms with Crippen LogP contribution in [0.2, 0.25) is 0 Å². The van der Waals surface area contributed by atoms with Crippen LogP contribution >= 0.6 is 0 Å². The maximum atomic E-state index is 13.1. The third kappa shape index (κ3) is 4.74. The van der Waals surface area contributed by atoms with Gasteiger partial charge in [0.05, 0.1) is 9.79 Å². The second-order valence-electron chi connectivity index (χ2n) is 7.73. The molecule has 2 saturated heterocycles. The molecule has 0 radical (unpaired) electrons. The Morgan fingerprint density at radius 2 is 1.06 bits per heavy atom. The monoisotopic (exact) mass is 465 g/mol. The second kappa shape index (κ2) is 9.19. The summed E-state index contributed by atoms with van der Waals surface area (Å²) < 4.78 is 54.9. The van der Waals surface area contributed by atoms with E-state index in [1.807, 2.05) is 4.90 Å². The van der Waals surface area contributed by atoms with Crippen LogP contribution in [0.3, 0.4) is 0 Å². The summed E-state index contributed by atoms with van der Waals surface area (Å²) >= 11 is 0. The van der Waals surface area contributed by atoms with E-state index in [4.69, 9.17) is 0 Å². The summed E-state index contributed by atoms with van der Waals surface area (Å²) in [5.74, 6) is 0.586. The van der Waals surface area contributed by atoms with Crippen molar-refractivity contribution in [1.29, 1.82) is 0 Å². The summed E-state index contributed by atoms with van der Waals surface area (Å²) in [6, 6.07) is 7.34. The molecule has 0 bridgehead atoms. The van der Waals surface area contributed by atoms with Gasteiger partial charge < -0.3 is 4.90 Å². The molecular weight excluding hydrogens is 438 g/mol. The molecule has 0 spiro atoms. The first kappa shape index (κ1) is 22.1. The zero-order chi connectivity index (χ0) is 21.9. The summed E-state index contributed by atoms with van der Waals surface area (Å²) in [5, 5.41) is 0. The van der Waals surface area contributed by atoms with Gasteiger partial charge in [-0.05, 0) is 43.2 Å². The van der Waals surface area contributed by atoms with Crippen LogP contribution in [0.25, 0.3) is 0 Å². The number of hydrogen-bond acceptors (Lipinski definition) is 7. The lowest BCUT2D eigenvalue weighted by Crippen LogP contribution is -2.49. The van der Waals surface area contributed by atoms with Crippen LogP contribution in [0.1, 0.15) is 25.7 Å². The van der Waals surface area contributed by atoms with Crippen molar-refractivity contribution in [3.05, 3.63) is 42.7 Å². The average Bonchev–Trinajstić information content (AvgIpc) is 3.10. The number of rotatable bonds is 5. The Bertz CT molecular complexity index is 1080. The zero-order valence-electron chi connectivity index (χ0n) is 17.3. The molecule has 4 rings (SSSR count). The molecule has 2 fully saturated rings. The third-order valence-electron chi connectivity index (χ3n) is 5.74. The fourth-order valence-corrected chi connectivity index (χ4v) is 6.89. The normalized spacial score (nSPS) is 19.8. The van der Waals surface area contributed by atoms with E-state index in [1.54, 1.807) is 18.5 Å². The van der Waals surface area contributed by atoms with E-state index in [0.29, 0.717) is 45.2 Å². The minimum atomic E-state index is -3.70. The van der Waals surface area contributed by atoms with E-state index in [0.717, 1.165) is 25.7 Å². The second-order valence-corrected chi connectivity index (χ2v) is 11.6. The molecule has 168 valence electrons. The number of sulfonamides is 2. The number of hydrogen-bond donors (Lipinski definition) is 0. The Labute approximate surface area is 183 Å². The van der Waals surface area contributed by atoms with Crippen LogP contribution in [0, 0.1) is 0 Å². The fourth-order valence-electron chi connectivity index (χ4n) is 3.95. The van der Waals surface area contributed by atoms with Gasteiger partial charge in [0, 0.05) is 51.7 Å². The molecule has 0 aliphatic carbocycles. The molecule has 2 aliphatic rings. The molecule has 1 aromatic heterocycles. The number of benzene rings is 1. The molecule has 2 aromatic rings. The SMILES string of the molecule is O=S(=O)(c1ccc(S(=O)(=O)N2CCN(c3ncccn3)CC2)cc1)N1CCCCCC1. The van der Waals surface area contributed by atoms with Crippen molar-refractivity contribution in [3.8, 4) is 0 Å². The van der Waals surface area contributed by atoms with Crippen LogP contribution in [0.15, 0.2) is 52.5 Å². The van der Waals surface area contributed by atoms with Crippen molar-refractivity contribution >= 4 is 26.0 Å². The van der Waals surface area contributed by atoms with Gasteiger partial charge in [0.15, 0.2) is 0 Å². The molecule has 2 aliphatic heterocycles. The van der Waals surface area contributed by atoms with Gasteiger partial charge in [-0.3, -0.25) is 0 Å². The number of anilines is 1. The predicted molar refractivity (Wildman–Crippen MR) is 117 cm³/mol. The first-order valence-electron chi connectivity index (χ1n) is 10.5. The summed E-state index contributed by atoms with van der Waals surface area (Å²) in [6.45, 7) is 2.63. The molecule has 3 heterocycles. The summed E-state index contributed by atoms with van der Waals surface area (Å²) in [5.41, 5.74) is 0. The van der Waals surface area contributed by atoms with Gasteiger partial charge in [-0.2, -0.15) is 8.61 Å². The molecule has 11 heteroatoms. The quantitative estimate of drug-likeness (QED) is 0.660. The van der Waals surface area contributed by atoms with Crippen molar-refractivity contribution in [3.63, 3.8) is 0 Å². The minimum absolute atomic E-state index is 0.103. The van der Waals surface area contributed by atoms with Gasteiger partial charge in [-0.15, -0.1) is 0 Å². The van der Waals surface area contributed by atoms with Gasteiger partial charge in [0.1, 0.15) is 0 Å². The number of aromatic nitrogens is 2. The maximum absolute atomic E-state index is 13.1. The standard InChI is InChI=1S/C20H27N5O4S2/c26-30(27,24-12-3-1-2-4-13-24)18-6-8-19(9-7-18)31(28,29)25-16-14-23(15-17-25)20-21-10-5-11-22-20/h5-11H,1-4,12-17H2. The van der Waals surface area contributed by atoms with Crippen molar-refractivity contribution in [2.75, 3.05) is 44.2 Å². The van der Waals surface area contributed by atoms with Crippen LogP contribution in [0.4, 0.5) is 5.95 Å². The third-order valence-corrected chi connectivity index (χ3v) is 9.56. The topological polar surface area (TPSA) is 104 Å². The van der Waals surface area contributed by atoms with Gasteiger partial charge >= 0.3 is 0 Å². The van der Waals surface area contributed by atoms with Crippen molar-refractivity contribution in [2.24, 2.45) is 0 Å².